The average molecular weight is 615 g/mol. The monoisotopic (exact) mass is 614 g/mol. The number of nitrogens with zero attached hydrogens (tertiary/aromatic N) is 2. The van der Waals surface area contributed by atoms with Gasteiger partial charge in [-0.2, -0.15) is 0 Å². The minimum Gasteiger partial charge on any atom is -0.244 e. The highest BCUT2D eigenvalue weighted by Gasteiger charge is 2.16. The van der Waals surface area contributed by atoms with Crippen LogP contribution in [0, 0.1) is 0 Å². The molecular weight excluding hydrogens is 589 g/mol. The van der Waals surface area contributed by atoms with Gasteiger partial charge < -0.3 is 0 Å². The van der Waals surface area contributed by atoms with E-state index in [4.69, 9.17) is 9.97 Å². The maximum atomic E-state index is 5.48. The van der Waals surface area contributed by atoms with Crippen LogP contribution in [-0.2, 0) is 0 Å². The van der Waals surface area contributed by atoms with Crippen molar-refractivity contribution < 1.29 is 0 Å². The summed E-state index contributed by atoms with van der Waals surface area (Å²) in [7, 11) is 0. The van der Waals surface area contributed by atoms with Gasteiger partial charge in [0, 0.05) is 36.7 Å². The van der Waals surface area contributed by atoms with Crippen LogP contribution in [0.5, 0.6) is 0 Å². The van der Waals surface area contributed by atoms with Gasteiger partial charge in [0.05, 0.1) is 22.4 Å². The Morgan fingerprint density at radius 2 is 0.957 bits per heavy atom. The lowest BCUT2D eigenvalue weighted by molar-refractivity contribution is 1.30. The van der Waals surface area contributed by atoms with Crippen LogP contribution in [0.4, 0.5) is 0 Å². The fraction of sp³-hybridized carbons (Fsp3) is 0. The van der Waals surface area contributed by atoms with Crippen molar-refractivity contribution in [1.29, 1.82) is 0 Å². The quantitative estimate of drug-likeness (QED) is 0.194. The van der Waals surface area contributed by atoms with Gasteiger partial charge in [0.2, 0.25) is 0 Å². The lowest BCUT2D eigenvalue weighted by atomic mass is 9.99. The molecule has 10 aromatic rings. The molecule has 218 valence electrons. The van der Waals surface area contributed by atoms with Crippen LogP contribution in [0.25, 0.3) is 96.8 Å². The number of benzene rings is 7. The lowest BCUT2D eigenvalue weighted by Crippen LogP contribution is -1.96. The molecular formula is C44H26N2S. The van der Waals surface area contributed by atoms with Crippen LogP contribution in [0.3, 0.4) is 0 Å². The van der Waals surface area contributed by atoms with E-state index in [2.05, 4.69) is 146 Å². The van der Waals surface area contributed by atoms with Gasteiger partial charge in [-0.15, -0.1) is 11.3 Å². The summed E-state index contributed by atoms with van der Waals surface area (Å²) in [5.41, 5.74) is 5.65. The van der Waals surface area contributed by atoms with E-state index in [0.29, 0.717) is 0 Å². The number of rotatable bonds is 2. The molecule has 2 nitrogen and oxygen atoms in total. The first-order valence-electron chi connectivity index (χ1n) is 15.9. The van der Waals surface area contributed by atoms with E-state index in [9.17, 15) is 0 Å². The standard InChI is InChI=1S/C44H26N2S/c1-3-10-27(11-4-1)42-43(28-12-5-2-6-13-28)46-44-36-25-34(26-38(44)45-42)35-18-9-19-40-41(35)37-24-32(20-21-39(37)47-40)30-15-7-14-29(22-30)31-16-8-17-33(36)23-31/h1-26H. The molecule has 2 heterocycles. The molecule has 0 saturated heterocycles. The number of fused-ring (bicyclic) bond motifs is 13. The fourth-order valence-electron chi connectivity index (χ4n) is 7.12. The van der Waals surface area contributed by atoms with Gasteiger partial charge in [0.25, 0.3) is 0 Å². The molecule has 8 aromatic carbocycles. The van der Waals surface area contributed by atoms with Crippen molar-refractivity contribution in [2.45, 2.75) is 0 Å². The van der Waals surface area contributed by atoms with E-state index in [1.54, 1.807) is 0 Å². The molecule has 0 atom stereocenters. The summed E-state index contributed by atoms with van der Waals surface area (Å²) in [5, 5.41) is 12.0. The molecule has 0 fully saturated rings. The van der Waals surface area contributed by atoms with Gasteiger partial charge in [-0.3, -0.25) is 0 Å². The molecule has 8 bridgehead atoms. The predicted octanol–water partition coefficient (Wildman–Crippen LogP) is 12.5. The largest absolute Gasteiger partial charge is 0.244 e. The Bertz CT molecular complexity index is 2890. The molecule has 0 aliphatic heterocycles. The highest BCUT2D eigenvalue weighted by Crippen LogP contribution is 2.41. The first-order chi connectivity index (χ1) is 23.3. The van der Waals surface area contributed by atoms with Crippen LogP contribution in [0.1, 0.15) is 0 Å². The summed E-state index contributed by atoms with van der Waals surface area (Å²) >= 11 is 1.86. The summed E-state index contributed by atoms with van der Waals surface area (Å²) < 4.78 is 2.58. The highest BCUT2D eigenvalue weighted by atomic mass is 32.1. The first-order valence-corrected chi connectivity index (χ1v) is 16.7. The van der Waals surface area contributed by atoms with Gasteiger partial charge >= 0.3 is 0 Å². The van der Waals surface area contributed by atoms with Gasteiger partial charge in [0.1, 0.15) is 0 Å². The van der Waals surface area contributed by atoms with Crippen LogP contribution in [0.2, 0.25) is 0 Å². The van der Waals surface area contributed by atoms with Crippen LogP contribution < -0.4 is 0 Å². The van der Waals surface area contributed by atoms with Crippen LogP contribution in [-0.4, -0.2) is 9.97 Å². The van der Waals surface area contributed by atoms with E-state index < -0.39 is 0 Å². The molecule has 0 N–H and O–H groups in total. The van der Waals surface area contributed by atoms with Gasteiger partial charge in [-0.1, -0.05) is 115 Å². The Labute approximate surface area is 274 Å². The van der Waals surface area contributed by atoms with Crippen molar-refractivity contribution in [2.24, 2.45) is 0 Å². The molecule has 0 saturated carbocycles. The van der Waals surface area contributed by atoms with Gasteiger partial charge in [0.15, 0.2) is 0 Å². The van der Waals surface area contributed by atoms with E-state index in [0.717, 1.165) is 49.7 Å². The second-order valence-corrected chi connectivity index (χ2v) is 13.3. The minimum atomic E-state index is 0.882. The number of hydrogen-bond donors (Lipinski definition) is 0. The van der Waals surface area contributed by atoms with Crippen molar-refractivity contribution in [1.82, 2.24) is 9.97 Å². The third-order valence-electron chi connectivity index (χ3n) is 9.37. The van der Waals surface area contributed by atoms with Crippen molar-refractivity contribution >= 4 is 85.6 Å². The average Bonchev–Trinajstić information content (AvgIpc) is 3.53. The smallest absolute Gasteiger partial charge is 0.0973 e. The van der Waals surface area contributed by atoms with Crippen LogP contribution in [0.15, 0.2) is 158 Å². The molecule has 3 heteroatoms. The molecule has 2 aromatic heterocycles. The van der Waals surface area contributed by atoms with Crippen molar-refractivity contribution in [3.63, 3.8) is 0 Å². The predicted molar refractivity (Wildman–Crippen MR) is 202 cm³/mol. The molecule has 0 radical (unpaired) electrons. The summed E-state index contributed by atoms with van der Waals surface area (Å²) in [6.07, 6.45) is 0. The Morgan fingerprint density at radius 3 is 1.68 bits per heavy atom. The lowest BCUT2D eigenvalue weighted by Gasteiger charge is -2.12. The summed E-state index contributed by atoms with van der Waals surface area (Å²) in [6, 6.07) is 56.8. The topological polar surface area (TPSA) is 25.8 Å². The Morgan fingerprint density at radius 1 is 0.362 bits per heavy atom. The Kier molecular flexibility index (Phi) is 5.78. The number of hydrogen-bond acceptors (Lipinski definition) is 3. The second-order valence-electron chi connectivity index (χ2n) is 12.2. The summed E-state index contributed by atoms with van der Waals surface area (Å²) in [4.78, 5) is 10.9. The van der Waals surface area contributed by atoms with Gasteiger partial charge in [-0.05, 0) is 80.2 Å². The minimum absolute atomic E-state index is 0.882. The Hall–Kier alpha value is -5.90. The number of thiophene rings is 1. The van der Waals surface area contributed by atoms with Crippen molar-refractivity contribution in [3.05, 3.63) is 158 Å². The first kappa shape index (κ1) is 26.3. The molecule has 0 unspecified atom stereocenters. The molecule has 10 rings (SSSR count). The third-order valence-corrected chi connectivity index (χ3v) is 10.5. The van der Waals surface area contributed by atoms with Crippen molar-refractivity contribution in [2.75, 3.05) is 0 Å². The zero-order chi connectivity index (χ0) is 30.9. The molecule has 47 heavy (non-hydrogen) atoms. The number of aromatic nitrogens is 2. The zero-order valence-electron chi connectivity index (χ0n) is 25.3. The van der Waals surface area contributed by atoms with Crippen molar-refractivity contribution in [3.8, 4) is 22.5 Å². The van der Waals surface area contributed by atoms with E-state index >= 15 is 0 Å². The molecule has 0 aliphatic carbocycles. The molecule has 0 aliphatic rings. The van der Waals surface area contributed by atoms with E-state index in [1.807, 2.05) is 23.5 Å². The highest BCUT2D eigenvalue weighted by molar-refractivity contribution is 7.26. The third kappa shape index (κ3) is 4.25. The summed E-state index contributed by atoms with van der Waals surface area (Å²) in [6.45, 7) is 0. The molecule has 0 spiro atoms. The summed E-state index contributed by atoms with van der Waals surface area (Å²) in [5.74, 6) is 0. The van der Waals surface area contributed by atoms with Gasteiger partial charge in [-0.25, -0.2) is 9.97 Å². The fourth-order valence-corrected chi connectivity index (χ4v) is 8.23. The Balaban J connectivity index is 1.47. The van der Waals surface area contributed by atoms with Crippen LogP contribution >= 0.6 is 11.3 Å². The van der Waals surface area contributed by atoms with E-state index in [1.165, 1.54) is 47.1 Å². The zero-order valence-corrected chi connectivity index (χ0v) is 26.1. The second kappa shape index (κ2) is 10.3. The SMILES string of the molecule is c1ccc(-c2nc3cc4cc(c5cccc(c5)c5cccc(c5)c5ccc6sc7cccc4c7c6c5)c3nc2-c2ccccc2)cc1. The maximum Gasteiger partial charge on any atom is 0.0973 e. The maximum absolute atomic E-state index is 5.48. The normalized spacial score (nSPS) is 11.8. The molecule has 0 amide bonds. The van der Waals surface area contributed by atoms with E-state index in [-0.39, 0.29) is 0 Å².